The highest BCUT2D eigenvalue weighted by molar-refractivity contribution is 7.80. The van der Waals surface area contributed by atoms with Gasteiger partial charge in [0, 0.05) is 5.69 Å². The normalized spacial score (nSPS) is 28.3. The maximum absolute atomic E-state index is 12.4. The number of thiocarbonyl (C=S) groups is 1. The van der Waals surface area contributed by atoms with Crippen molar-refractivity contribution in [1.82, 2.24) is 5.32 Å². The van der Waals surface area contributed by atoms with Crippen molar-refractivity contribution < 1.29 is 28.5 Å². The van der Waals surface area contributed by atoms with Crippen molar-refractivity contribution in [3.8, 4) is 0 Å². The Balaban J connectivity index is 1.58. The molecule has 4 atom stereocenters. The predicted molar refractivity (Wildman–Crippen MR) is 99.3 cm³/mol. The Bertz CT molecular complexity index is 688. The summed E-state index contributed by atoms with van der Waals surface area (Å²) in [6.45, 7) is 0.275. The molecular formula is C18H22F2N2O4S. The number of hydrogen-bond donors (Lipinski definition) is 3. The van der Waals surface area contributed by atoms with Crippen LogP contribution in [0.3, 0.4) is 0 Å². The van der Waals surface area contributed by atoms with Gasteiger partial charge in [-0.2, -0.15) is 0 Å². The van der Waals surface area contributed by atoms with Crippen LogP contribution in [0.2, 0.25) is 0 Å². The number of nitrogens with one attached hydrogen (secondary N) is 1. The minimum atomic E-state index is -2.74. The average molecular weight is 400 g/mol. The number of aliphatic hydroxyl groups is 2. The first-order valence-electron chi connectivity index (χ1n) is 8.85. The van der Waals surface area contributed by atoms with Crippen LogP contribution in [-0.4, -0.2) is 59.1 Å². The molecular weight excluding hydrogens is 378 g/mol. The maximum atomic E-state index is 12.4. The van der Waals surface area contributed by atoms with E-state index in [0.717, 1.165) is 12.0 Å². The number of aliphatic hydroxyl groups excluding tert-OH is 2. The minimum Gasteiger partial charge on any atom is -0.442 e. The van der Waals surface area contributed by atoms with Gasteiger partial charge in [-0.05, 0) is 42.9 Å². The SMILES string of the molecule is O=C1O[C@@H](CNC(=S)C(F)F)CN1c1ccc(C2CCC(O)C(O)C2)cc1. The fourth-order valence-electron chi connectivity index (χ4n) is 3.49. The van der Waals surface area contributed by atoms with Crippen molar-refractivity contribution in [2.75, 3.05) is 18.0 Å². The average Bonchev–Trinajstić information content (AvgIpc) is 3.02. The van der Waals surface area contributed by atoms with E-state index < -0.39 is 35.8 Å². The van der Waals surface area contributed by atoms with E-state index in [-0.39, 0.29) is 19.0 Å². The molecule has 1 saturated heterocycles. The lowest BCUT2D eigenvalue weighted by Gasteiger charge is -2.30. The number of carbonyl (C=O) groups excluding carboxylic acids is 1. The van der Waals surface area contributed by atoms with Gasteiger partial charge in [0.15, 0.2) is 0 Å². The Morgan fingerprint density at radius 3 is 2.59 bits per heavy atom. The Morgan fingerprint density at radius 2 is 1.96 bits per heavy atom. The Morgan fingerprint density at radius 1 is 1.26 bits per heavy atom. The van der Waals surface area contributed by atoms with E-state index in [2.05, 4.69) is 17.5 Å². The molecule has 27 heavy (non-hydrogen) atoms. The smallest absolute Gasteiger partial charge is 0.414 e. The molecule has 3 unspecified atom stereocenters. The molecule has 0 bridgehead atoms. The quantitative estimate of drug-likeness (QED) is 0.658. The van der Waals surface area contributed by atoms with Gasteiger partial charge in [0.05, 0.1) is 25.3 Å². The standard InChI is InChI=1S/C18H22F2N2O4S/c19-16(20)17(27)21-8-13-9-22(18(25)26-13)12-4-1-10(2-5-12)11-3-6-14(23)15(24)7-11/h1-2,4-5,11,13-16,23-24H,3,6-9H2,(H,21,27)/t11?,13-,14?,15?/m0/s1. The molecule has 1 aromatic carbocycles. The molecule has 0 radical (unpaired) electrons. The number of carbonyl (C=O) groups is 1. The molecule has 2 aliphatic rings. The largest absolute Gasteiger partial charge is 0.442 e. The van der Waals surface area contributed by atoms with Gasteiger partial charge in [0.1, 0.15) is 11.1 Å². The maximum Gasteiger partial charge on any atom is 0.414 e. The zero-order valence-electron chi connectivity index (χ0n) is 14.6. The van der Waals surface area contributed by atoms with Crippen molar-refractivity contribution >= 4 is 29.0 Å². The summed E-state index contributed by atoms with van der Waals surface area (Å²) in [5.41, 5.74) is 1.69. The van der Waals surface area contributed by atoms with Gasteiger partial charge in [-0.3, -0.25) is 4.90 Å². The zero-order valence-corrected chi connectivity index (χ0v) is 15.4. The van der Waals surface area contributed by atoms with E-state index in [1.54, 1.807) is 12.1 Å². The molecule has 1 saturated carbocycles. The monoisotopic (exact) mass is 400 g/mol. The van der Waals surface area contributed by atoms with Crippen LogP contribution in [0.25, 0.3) is 0 Å². The van der Waals surface area contributed by atoms with E-state index in [9.17, 15) is 23.8 Å². The molecule has 0 aromatic heterocycles. The summed E-state index contributed by atoms with van der Waals surface area (Å²) in [5, 5.41) is 21.9. The topological polar surface area (TPSA) is 82.0 Å². The predicted octanol–water partition coefficient (Wildman–Crippen LogP) is 2.18. The molecule has 1 aliphatic carbocycles. The van der Waals surface area contributed by atoms with Crippen molar-refractivity contribution in [3.63, 3.8) is 0 Å². The number of alkyl halides is 2. The second kappa shape index (κ2) is 8.45. The van der Waals surface area contributed by atoms with Crippen LogP contribution < -0.4 is 10.2 Å². The first-order valence-corrected chi connectivity index (χ1v) is 9.26. The van der Waals surface area contributed by atoms with E-state index in [4.69, 9.17) is 4.74 Å². The molecule has 1 amide bonds. The van der Waals surface area contributed by atoms with Crippen molar-refractivity contribution in [2.24, 2.45) is 0 Å². The summed E-state index contributed by atoms with van der Waals surface area (Å²) >= 11 is 4.51. The van der Waals surface area contributed by atoms with Gasteiger partial charge in [-0.25, -0.2) is 13.6 Å². The molecule has 2 fully saturated rings. The summed E-state index contributed by atoms with van der Waals surface area (Å²) in [4.78, 5) is 12.9. The van der Waals surface area contributed by atoms with Crippen LogP contribution >= 0.6 is 12.2 Å². The number of nitrogens with zero attached hydrogens (tertiary/aromatic N) is 1. The summed E-state index contributed by atoms with van der Waals surface area (Å²) in [6.07, 6.45) is -3.36. The first kappa shape index (κ1) is 19.9. The third-order valence-corrected chi connectivity index (χ3v) is 5.36. The van der Waals surface area contributed by atoms with Gasteiger partial charge in [-0.15, -0.1) is 0 Å². The van der Waals surface area contributed by atoms with Crippen LogP contribution in [-0.2, 0) is 4.74 Å². The number of rotatable bonds is 5. The van der Waals surface area contributed by atoms with E-state index in [0.29, 0.717) is 18.5 Å². The number of amides is 1. The second-order valence-corrected chi connectivity index (χ2v) is 7.34. The molecule has 1 heterocycles. The number of hydrogen-bond acceptors (Lipinski definition) is 5. The van der Waals surface area contributed by atoms with E-state index in [1.807, 2.05) is 12.1 Å². The van der Waals surface area contributed by atoms with Crippen LogP contribution in [0, 0.1) is 0 Å². The van der Waals surface area contributed by atoms with E-state index in [1.165, 1.54) is 4.90 Å². The summed E-state index contributed by atoms with van der Waals surface area (Å²) < 4.78 is 30.0. The lowest BCUT2D eigenvalue weighted by Crippen LogP contribution is -2.36. The Hall–Kier alpha value is -1.84. The summed E-state index contributed by atoms with van der Waals surface area (Å²) in [7, 11) is 0. The molecule has 148 valence electrons. The number of benzene rings is 1. The van der Waals surface area contributed by atoms with Gasteiger partial charge >= 0.3 is 6.09 Å². The van der Waals surface area contributed by atoms with Crippen LogP contribution in [0.1, 0.15) is 30.7 Å². The zero-order chi connectivity index (χ0) is 19.6. The Kier molecular flexibility index (Phi) is 6.23. The van der Waals surface area contributed by atoms with Crippen LogP contribution in [0.4, 0.5) is 19.3 Å². The highest BCUT2D eigenvalue weighted by Gasteiger charge is 2.33. The second-order valence-electron chi connectivity index (χ2n) is 6.90. The van der Waals surface area contributed by atoms with Crippen molar-refractivity contribution in [3.05, 3.63) is 29.8 Å². The summed E-state index contributed by atoms with van der Waals surface area (Å²) in [6, 6.07) is 7.39. The number of anilines is 1. The van der Waals surface area contributed by atoms with Crippen molar-refractivity contribution in [1.29, 1.82) is 0 Å². The number of cyclic esters (lactones) is 1. The van der Waals surface area contributed by atoms with E-state index >= 15 is 0 Å². The molecule has 1 aromatic rings. The third-order valence-electron chi connectivity index (χ3n) is 5.03. The Labute approximate surface area is 161 Å². The van der Waals surface area contributed by atoms with Gasteiger partial charge in [0.25, 0.3) is 6.43 Å². The fraction of sp³-hybridized carbons (Fsp3) is 0.556. The first-order chi connectivity index (χ1) is 12.8. The van der Waals surface area contributed by atoms with Crippen LogP contribution in [0.15, 0.2) is 24.3 Å². The van der Waals surface area contributed by atoms with Gasteiger partial charge in [-0.1, -0.05) is 24.4 Å². The minimum absolute atomic E-state index is 0.0335. The highest BCUT2D eigenvalue weighted by atomic mass is 32.1. The lowest BCUT2D eigenvalue weighted by molar-refractivity contribution is -0.0149. The third kappa shape index (κ3) is 4.72. The lowest BCUT2D eigenvalue weighted by atomic mass is 9.81. The molecule has 9 heteroatoms. The number of ether oxygens (including phenoxy) is 1. The number of halogens is 2. The van der Waals surface area contributed by atoms with Crippen LogP contribution in [0.5, 0.6) is 0 Å². The molecule has 1 aliphatic heterocycles. The highest BCUT2D eigenvalue weighted by Crippen LogP contribution is 2.34. The fourth-order valence-corrected chi connectivity index (χ4v) is 3.57. The molecule has 3 N–H and O–H groups in total. The molecule has 3 rings (SSSR count). The van der Waals surface area contributed by atoms with Gasteiger partial charge in [0.2, 0.25) is 0 Å². The summed E-state index contributed by atoms with van der Waals surface area (Å²) in [5.74, 6) is 0.162. The van der Waals surface area contributed by atoms with Gasteiger partial charge < -0.3 is 20.3 Å². The van der Waals surface area contributed by atoms with Crippen molar-refractivity contribution in [2.45, 2.75) is 49.9 Å². The molecule has 6 nitrogen and oxygen atoms in total. The molecule has 0 spiro atoms.